The van der Waals surface area contributed by atoms with E-state index in [1.807, 2.05) is 55.4 Å². The third-order valence-electron chi connectivity index (χ3n) is 8.17. The van der Waals surface area contributed by atoms with Crippen molar-refractivity contribution in [3.05, 3.63) is 0 Å². The number of Topliss-reactive ketones (excluding diaryl/α,β-unsaturated/α-hetero) is 1. The third-order valence-corrected chi connectivity index (χ3v) is 8.17. The number of hydrogen-bond acceptors (Lipinski definition) is 7. The first-order chi connectivity index (χ1) is 17.5. The molecule has 0 aromatic heterocycles. The van der Waals surface area contributed by atoms with E-state index in [4.69, 9.17) is 0 Å². The van der Waals surface area contributed by atoms with Crippen molar-refractivity contribution in [1.82, 2.24) is 26.2 Å². The highest BCUT2D eigenvalue weighted by Gasteiger charge is 2.54. The van der Waals surface area contributed by atoms with Gasteiger partial charge in [-0.1, -0.05) is 48.5 Å². The van der Waals surface area contributed by atoms with Crippen LogP contribution in [0.1, 0.15) is 81.6 Å². The molecule has 1 aliphatic heterocycles. The molecule has 1 heterocycles. The van der Waals surface area contributed by atoms with Gasteiger partial charge < -0.3 is 26.0 Å². The standard InChI is InChI=1S/C28H51N5O5/c1-10-28(8,9)30-15-20(35)31-21(16(2)3)25(37)29-14-19(34)32-22(17(4)5)26(38)33-12-11-18-13-27(6,7)24(36)23(18)33/h16-18,20-23,30-31,35H,10-15H2,1-9H3,(H,29,37)(H,32,34). The maximum atomic E-state index is 13.5. The molecule has 1 saturated heterocycles. The van der Waals surface area contributed by atoms with Crippen molar-refractivity contribution < 1.29 is 24.3 Å². The lowest BCUT2D eigenvalue weighted by atomic mass is 9.88. The van der Waals surface area contributed by atoms with Crippen molar-refractivity contribution in [2.75, 3.05) is 19.6 Å². The molecular formula is C28H51N5O5. The Labute approximate surface area is 228 Å². The second kappa shape index (κ2) is 12.9. The topological polar surface area (TPSA) is 140 Å². The Morgan fingerprint density at radius 2 is 1.71 bits per heavy atom. The zero-order chi connectivity index (χ0) is 29.0. The van der Waals surface area contributed by atoms with Crippen LogP contribution in [0.5, 0.6) is 0 Å². The average molecular weight is 538 g/mol. The normalized spacial score (nSPS) is 23.4. The maximum absolute atomic E-state index is 13.5. The van der Waals surface area contributed by atoms with Crippen LogP contribution < -0.4 is 21.3 Å². The predicted octanol–water partition coefficient (Wildman–Crippen LogP) is 1.17. The molecule has 0 spiro atoms. The fourth-order valence-electron chi connectivity index (χ4n) is 5.36. The molecule has 38 heavy (non-hydrogen) atoms. The molecule has 10 heteroatoms. The summed E-state index contributed by atoms with van der Waals surface area (Å²) in [7, 11) is 0. The van der Waals surface area contributed by atoms with Gasteiger partial charge in [-0.3, -0.25) is 24.5 Å². The number of carbonyl (C=O) groups is 4. The van der Waals surface area contributed by atoms with Gasteiger partial charge in [-0.25, -0.2) is 0 Å². The first-order valence-electron chi connectivity index (χ1n) is 14.1. The zero-order valence-electron chi connectivity index (χ0n) is 24.8. The first kappa shape index (κ1) is 32.2. The summed E-state index contributed by atoms with van der Waals surface area (Å²) in [5.74, 6) is -1.18. The van der Waals surface area contributed by atoms with Gasteiger partial charge in [-0.2, -0.15) is 0 Å². The number of rotatable bonds is 13. The summed E-state index contributed by atoms with van der Waals surface area (Å²) in [6.07, 6.45) is 1.51. The lowest BCUT2D eigenvalue weighted by Gasteiger charge is -2.31. The molecule has 5 unspecified atom stereocenters. The molecule has 1 aliphatic carbocycles. The van der Waals surface area contributed by atoms with E-state index >= 15 is 0 Å². The summed E-state index contributed by atoms with van der Waals surface area (Å²) in [4.78, 5) is 53.7. The predicted molar refractivity (Wildman–Crippen MR) is 147 cm³/mol. The molecule has 3 amide bonds. The lowest BCUT2D eigenvalue weighted by molar-refractivity contribution is -0.142. The van der Waals surface area contributed by atoms with Crippen molar-refractivity contribution in [2.45, 2.75) is 111 Å². The van der Waals surface area contributed by atoms with Gasteiger partial charge >= 0.3 is 0 Å². The monoisotopic (exact) mass is 537 g/mol. The molecule has 2 rings (SSSR count). The van der Waals surface area contributed by atoms with Gasteiger partial charge in [0.15, 0.2) is 5.78 Å². The fourth-order valence-corrected chi connectivity index (χ4v) is 5.36. The van der Waals surface area contributed by atoms with E-state index in [-0.39, 0.29) is 48.1 Å². The Hall–Kier alpha value is -2.04. The zero-order valence-corrected chi connectivity index (χ0v) is 24.8. The molecule has 2 fully saturated rings. The quantitative estimate of drug-likeness (QED) is 0.222. The number of aliphatic hydroxyl groups excluding tert-OH is 1. The van der Waals surface area contributed by atoms with Crippen LogP contribution in [0.4, 0.5) is 0 Å². The smallest absolute Gasteiger partial charge is 0.246 e. The highest BCUT2D eigenvalue weighted by atomic mass is 16.3. The number of hydrogen-bond donors (Lipinski definition) is 5. The van der Waals surface area contributed by atoms with Crippen LogP contribution in [0.15, 0.2) is 0 Å². The second-order valence-electron chi connectivity index (χ2n) is 13.0. The van der Waals surface area contributed by atoms with E-state index < -0.39 is 41.6 Å². The van der Waals surface area contributed by atoms with E-state index in [1.165, 1.54) is 0 Å². The van der Waals surface area contributed by atoms with Gasteiger partial charge in [-0.15, -0.1) is 0 Å². The molecule has 0 radical (unpaired) electrons. The number of fused-ring (bicyclic) bond motifs is 1. The van der Waals surface area contributed by atoms with Crippen molar-refractivity contribution in [1.29, 1.82) is 0 Å². The molecular weight excluding hydrogens is 486 g/mol. The van der Waals surface area contributed by atoms with Gasteiger partial charge in [0.2, 0.25) is 17.7 Å². The number of aliphatic hydroxyl groups is 1. The van der Waals surface area contributed by atoms with Crippen molar-refractivity contribution in [3.8, 4) is 0 Å². The summed E-state index contributed by atoms with van der Waals surface area (Å²) in [5.41, 5.74) is -0.579. The summed E-state index contributed by atoms with van der Waals surface area (Å²) in [5, 5.41) is 22.0. The van der Waals surface area contributed by atoms with Crippen LogP contribution in [0, 0.1) is 23.2 Å². The molecule has 1 saturated carbocycles. The van der Waals surface area contributed by atoms with Gasteiger partial charge in [0.1, 0.15) is 12.3 Å². The Bertz CT molecular complexity index is 872. The van der Waals surface area contributed by atoms with Crippen molar-refractivity contribution >= 4 is 23.5 Å². The largest absolute Gasteiger partial charge is 0.377 e. The Balaban J connectivity index is 1.94. The molecule has 218 valence electrons. The molecule has 0 bridgehead atoms. The van der Waals surface area contributed by atoms with Crippen molar-refractivity contribution in [3.63, 3.8) is 0 Å². The minimum atomic E-state index is -0.941. The number of amides is 3. The third kappa shape index (κ3) is 7.99. The summed E-state index contributed by atoms with van der Waals surface area (Å²) in [6, 6.07) is -1.91. The number of nitrogens with zero attached hydrogens (tertiary/aromatic N) is 1. The lowest BCUT2D eigenvalue weighted by Crippen LogP contribution is -2.57. The van der Waals surface area contributed by atoms with E-state index in [9.17, 15) is 24.3 Å². The van der Waals surface area contributed by atoms with Gasteiger partial charge in [0, 0.05) is 24.0 Å². The van der Waals surface area contributed by atoms with Gasteiger partial charge in [-0.05, 0) is 50.9 Å². The maximum Gasteiger partial charge on any atom is 0.246 e. The van der Waals surface area contributed by atoms with E-state index in [2.05, 4.69) is 28.2 Å². The fraction of sp³-hybridized carbons (Fsp3) is 0.857. The van der Waals surface area contributed by atoms with E-state index in [0.29, 0.717) is 6.54 Å². The molecule has 5 N–H and O–H groups in total. The van der Waals surface area contributed by atoms with Crippen LogP contribution in [0.3, 0.4) is 0 Å². The SMILES string of the molecule is CCC(C)(C)NCC(O)NC(C(=O)NCC(=O)NC(C(=O)N1CCC2CC(C)(C)C(=O)C21)C(C)C)C(C)C. The Kier molecular flexibility index (Phi) is 10.9. The van der Waals surface area contributed by atoms with Crippen LogP contribution in [0.25, 0.3) is 0 Å². The highest BCUT2D eigenvalue weighted by molar-refractivity contribution is 5.97. The molecule has 0 aromatic carbocycles. The number of carbonyl (C=O) groups excluding carboxylic acids is 4. The van der Waals surface area contributed by atoms with E-state index in [1.54, 1.807) is 4.90 Å². The van der Waals surface area contributed by atoms with Crippen molar-refractivity contribution in [2.24, 2.45) is 23.2 Å². The minimum Gasteiger partial charge on any atom is -0.377 e. The van der Waals surface area contributed by atoms with E-state index in [0.717, 1.165) is 19.3 Å². The average Bonchev–Trinajstić information content (AvgIpc) is 3.33. The van der Waals surface area contributed by atoms with Gasteiger partial charge in [0.05, 0.1) is 18.6 Å². The number of ketones is 1. The summed E-state index contributed by atoms with van der Waals surface area (Å²) in [6.45, 7) is 17.9. The minimum absolute atomic E-state index is 0.0947. The number of likely N-dealkylation sites (tertiary alicyclic amines) is 1. The number of nitrogens with one attached hydrogen (secondary N) is 4. The molecule has 0 aromatic rings. The summed E-state index contributed by atoms with van der Waals surface area (Å²) < 4.78 is 0. The molecule has 5 atom stereocenters. The second-order valence-corrected chi connectivity index (χ2v) is 13.0. The Morgan fingerprint density at radius 3 is 2.26 bits per heavy atom. The first-order valence-corrected chi connectivity index (χ1v) is 14.1. The molecule has 2 aliphatic rings. The Morgan fingerprint density at radius 1 is 1.11 bits per heavy atom. The molecule has 10 nitrogen and oxygen atoms in total. The van der Waals surface area contributed by atoms with Crippen LogP contribution in [-0.4, -0.2) is 83.0 Å². The summed E-state index contributed by atoms with van der Waals surface area (Å²) >= 11 is 0. The van der Waals surface area contributed by atoms with Gasteiger partial charge in [0.25, 0.3) is 0 Å². The van der Waals surface area contributed by atoms with Crippen LogP contribution in [0.2, 0.25) is 0 Å². The highest BCUT2D eigenvalue weighted by Crippen LogP contribution is 2.45. The van der Waals surface area contributed by atoms with Crippen LogP contribution in [-0.2, 0) is 19.2 Å². The number of β-amino-alcohol motifs (C(OH)–C–C–N with tert-alkyl or cyclic N) is 1. The van der Waals surface area contributed by atoms with Crippen LogP contribution >= 0.6 is 0 Å².